The van der Waals surface area contributed by atoms with Crippen molar-refractivity contribution in [2.24, 2.45) is 0 Å². The summed E-state index contributed by atoms with van der Waals surface area (Å²) < 4.78 is 0. The van der Waals surface area contributed by atoms with Crippen LogP contribution in [0, 0.1) is 0 Å². The molecule has 3 nitrogen and oxygen atoms in total. The first-order chi connectivity index (χ1) is 8.46. The summed E-state index contributed by atoms with van der Waals surface area (Å²) in [4.78, 5) is 19.0. The van der Waals surface area contributed by atoms with Gasteiger partial charge in [-0.2, -0.15) is 0 Å². The Morgan fingerprint density at radius 1 is 0.667 bits per heavy atom. The number of amides is 2. The predicted molar refractivity (Wildman–Crippen MR) is 86.1 cm³/mol. The van der Waals surface area contributed by atoms with Crippen molar-refractivity contribution in [1.29, 1.82) is 0 Å². The monoisotopic (exact) mass is 288 g/mol. The molecule has 18 heavy (non-hydrogen) atoms. The van der Waals surface area contributed by atoms with Crippen molar-refractivity contribution in [3.05, 3.63) is 0 Å². The lowest BCUT2D eigenvalue weighted by Crippen LogP contribution is -2.61. The van der Waals surface area contributed by atoms with E-state index < -0.39 is 16.5 Å². The molecule has 0 fully saturated rings. The van der Waals surface area contributed by atoms with Crippen LogP contribution in [0.15, 0.2) is 0 Å². The van der Waals surface area contributed by atoms with E-state index in [9.17, 15) is 4.79 Å². The first kappa shape index (κ1) is 17.7. The molecule has 0 aliphatic rings. The Hall–Kier alpha value is -0.296. The van der Waals surface area contributed by atoms with Gasteiger partial charge >= 0.3 is 0 Å². The Kier molecular flexibility index (Phi) is 7.86. The van der Waals surface area contributed by atoms with Crippen molar-refractivity contribution >= 4 is 22.5 Å². The summed E-state index contributed by atoms with van der Waals surface area (Å²) >= 11 is 0. The molecule has 0 atom stereocenters. The third-order valence-electron chi connectivity index (χ3n) is 4.82. The minimum absolute atomic E-state index is 0.115. The topological polar surface area (TPSA) is 41.1 Å². The van der Waals surface area contributed by atoms with Crippen molar-refractivity contribution in [2.45, 2.75) is 77.8 Å². The first-order valence-electron chi connectivity index (χ1n) is 7.57. The molecule has 0 saturated carbocycles. The van der Waals surface area contributed by atoms with Gasteiger partial charge in [-0.1, -0.05) is 41.5 Å². The van der Waals surface area contributed by atoms with Crippen molar-refractivity contribution in [2.75, 3.05) is 0 Å². The summed E-state index contributed by atoms with van der Waals surface area (Å²) in [5.74, 6) is 0. The van der Waals surface area contributed by atoms with Gasteiger partial charge in [-0.25, -0.2) is 0 Å². The van der Waals surface area contributed by atoms with Crippen LogP contribution in [0.4, 0.5) is 4.79 Å². The Morgan fingerprint density at radius 3 is 1.06 bits per heavy atom. The Bertz CT molecular complexity index is 211. The highest BCUT2D eigenvalue weighted by molar-refractivity contribution is 6.82. The predicted octanol–water partition coefficient (Wildman–Crippen LogP) is 4.30. The standard InChI is InChI=1S/C13H32N2OSi2/c1-7-17(8-2,9-3)14-13(16)15-18(10-4,11-5)12-6/h7-12H2,1-6H3,(H2,14,15,16). The second-order valence-electron chi connectivity index (χ2n) is 5.26. The van der Waals surface area contributed by atoms with Gasteiger partial charge in [0.2, 0.25) is 0 Å². The quantitative estimate of drug-likeness (QED) is 0.643. The second-order valence-corrected chi connectivity index (χ2v) is 15.1. The molecule has 0 rings (SSSR count). The Labute approximate surface area is 115 Å². The molecule has 2 N–H and O–H groups in total. The summed E-state index contributed by atoms with van der Waals surface area (Å²) in [7, 11) is -3.12. The molecule has 2 amide bonds. The lowest BCUT2D eigenvalue weighted by molar-refractivity contribution is 0.249. The van der Waals surface area contributed by atoms with Gasteiger partial charge in [0.25, 0.3) is 6.03 Å². The molecule has 0 aliphatic carbocycles. The maximum Gasteiger partial charge on any atom is 0.298 e. The number of nitrogens with one attached hydrogen (secondary N) is 2. The van der Waals surface area contributed by atoms with E-state index in [1.54, 1.807) is 0 Å². The average Bonchev–Trinajstić information content (AvgIpc) is 2.42. The molecular formula is C13H32N2OSi2. The van der Waals surface area contributed by atoms with Gasteiger partial charge in [0.05, 0.1) is 0 Å². The average molecular weight is 289 g/mol. The third kappa shape index (κ3) is 4.42. The van der Waals surface area contributed by atoms with E-state index in [4.69, 9.17) is 0 Å². The number of hydrogen-bond donors (Lipinski definition) is 2. The van der Waals surface area contributed by atoms with Crippen molar-refractivity contribution in [3.8, 4) is 0 Å². The highest BCUT2D eigenvalue weighted by Gasteiger charge is 2.33. The maximum atomic E-state index is 12.3. The van der Waals surface area contributed by atoms with Gasteiger partial charge in [0.1, 0.15) is 0 Å². The summed E-state index contributed by atoms with van der Waals surface area (Å²) in [5, 5.41) is 0. The fraction of sp³-hybridized carbons (Fsp3) is 0.923. The summed E-state index contributed by atoms with van der Waals surface area (Å²) in [6.07, 6.45) is 0. The van der Waals surface area contributed by atoms with E-state index in [0.717, 1.165) is 36.3 Å². The van der Waals surface area contributed by atoms with Crippen molar-refractivity contribution in [3.63, 3.8) is 0 Å². The second kappa shape index (κ2) is 7.99. The van der Waals surface area contributed by atoms with E-state index in [1.165, 1.54) is 0 Å². The summed E-state index contributed by atoms with van der Waals surface area (Å²) in [6.45, 7) is 13.3. The zero-order chi connectivity index (χ0) is 14.2. The molecule has 108 valence electrons. The van der Waals surface area contributed by atoms with Crippen molar-refractivity contribution in [1.82, 2.24) is 9.96 Å². The molecular weight excluding hydrogens is 256 g/mol. The molecule has 0 spiro atoms. The van der Waals surface area contributed by atoms with Crippen LogP contribution in [0.5, 0.6) is 0 Å². The van der Waals surface area contributed by atoms with Gasteiger partial charge < -0.3 is 9.96 Å². The lowest BCUT2D eigenvalue weighted by atomic mass is 10.9. The first-order valence-corrected chi connectivity index (χ1v) is 12.8. The fourth-order valence-corrected chi connectivity index (χ4v) is 7.82. The number of carbonyl (C=O) groups excluding carboxylic acids is 1. The molecule has 0 aliphatic heterocycles. The SMILES string of the molecule is CC[Si](CC)(CC)NC(=O)N[Si](CC)(CC)CC. The third-order valence-corrected chi connectivity index (χ3v) is 14.5. The molecule has 0 saturated heterocycles. The van der Waals surface area contributed by atoms with Gasteiger partial charge in [0, 0.05) is 0 Å². The number of urea groups is 1. The Morgan fingerprint density at radius 2 is 0.889 bits per heavy atom. The highest BCUT2D eigenvalue weighted by atomic mass is 28.3. The molecule has 0 aromatic heterocycles. The fourth-order valence-electron chi connectivity index (χ4n) is 2.54. The van der Waals surface area contributed by atoms with E-state index in [-0.39, 0.29) is 6.03 Å². The molecule has 0 unspecified atom stereocenters. The molecule has 0 aromatic carbocycles. The van der Waals surface area contributed by atoms with Crippen LogP contribution < -0.4 is 9.96 Å². The summed E-state index contributed by atoms with van der Waals surface area (Å²) in [6, 6.07) is 6.90. The molecule has 0 heterocycles. The minimum Gasteiger partial charge on any atom is -0.365 e. The van der Waals surface area contributed by atoms with Gasteiger partial charge in [-0.05, 0) is 36.3 Å². The van der Waals surface area contributed by atoms with E-state index in [0.29, 0.717) is 0 Å². The van der Waals surface area contributed by atoms with Gasteiger partial charge in [0.15, 0.2) is 16.5 Å². The minimum atomic E-state index is -1.56. The van der Waals surface area contributed by atoms with Crippen LogP contribution in [-0.2, 0) is 0 Å². The van der Waals surface area contributed by atoms with Crippen LogP contribution >= 0.6 is 0 Å². The lowest BCUT2D eigenvalue weighted by Gasteiger charge is -2.34. The zero-order valence-corrected chi connectivity index (χ0v) is 15.2. The summed E-state index contributed by atoms with van der Waals surface area (Å²) in [5.41, 5.74) is 0. The molecule has 0 aromatic rings. The molecule has 5 heteroatoms. The van der Waals surface area contributed by atoms with Crippen molar-refractivity contribution < 1.29 is 4.79 Å². The van der Waals surface area contributed by atoms with Crippen LogP contribution in [0.3, 0.4) is 0 Å². The van der Waals surface area contributed by atoms with E-state index >= 15 is 0 Å². The highest BCUT2D eigenvalue weighted by Crippen LogP contribution is 2.19. The number of hydrogen-bond acceptors (Lipinski definition) is 1. The number of rotatable bonds is 8. The van der Waals surface area contributed by atoms with Crippen LogP contribution in [0.2, 0.25) is 36.3 Å². The van der Waals surface area contributed by atoms with E-state index in [2.05, 4.69) is 51.5 Å². The maximum absolute atomic E-state index is 12.3. The van der Waals surface area contributed by atoms with Crippen LogP contribution in [0.1, 0.15) is 41.5 Å². The molecule has 0 radical (unpaired) electrons. The van der Waals surface area contributed by atoms with Gasteiger partial charge in [-0.3, -0.25) is 4.79 Å². The largest absolute Gasteiger partial charge is 0.365 e. The molecule has 0 bridgehead atoms. The van der Waals surface area contributed by atoms with E-state index in [1.807, 2.05) is 0 Å². The van der Waals surface area contributed by atoms with Crippen LogP contribution in [0.25, 0.3) is 0 Å². The van der Waals surface area contributed by atoms with Gasteiger partial charge in [-0.15, -0.1) is 0 Å². The zero-order valence-electron chi connectivity index (χ0n) is 13.2. The smallest absolute Gasteiger partial charge is 0.298 e. The normalized spacial score (nSPS) is 12.3. The number of carbonyl (C=O) groups is 1. The Balaban J connectivity index is 4.67. The van der Waals surface area contributed by atoms with Crippen LogP contribution in [-0.4, -0.2) is 22.5 Å².